The van der Waals surface area contributed by atoms with Gasteiger partial charge in [-0.2, -0.15) is 0 Å². The molecule has 2 aromatic rings. The molecule has 2 amide bonds. The molecule has 2 N–H and O–H groups in total. The number of aromatic nitrogens is 1. The number of hydrogen-bond donors (Lipinski definition) is 2. The van der Waals surface area contributed by atoms with Crippen molar-refractivity contribution in [2.24, 2.45) is 0 Å². The Hall–Kier alpha value is -2.10. The number of thioether (sulfide) groups is 1. The fourth-order valence-electron chi connectivity index (χ4n) is 5.22. The number of urea groups is 1. The van der Waals surface area contributed by atoms with Gasteiger partial charge < -0.3 is 14.7 Å². The van der Waals surface area contributed by atoms with Crippen molar-refractivity contribution in [3.05, 3.63) is 42.1 Å². The first kappa shape index (κ1) is 26.9. The summed E-state index contributed by atoms with van der Waals surface area (Å²) in [6.45, 7) is 0.639. The van der Waals surface area contributed by atoms with Gasteiger partial charge >= 0.3 is 12.0 Å². The minimum absolute atomic E-state index is 0.0491. The van der Waals surface area contributed by atoms with Gasteiger partial charge in [-0.05, 0) is 44.1 Å². The number of aliphatic carboxylic acids is 1. The molecule has 1 aromatic heterocycles. The average molecular weight is 532 g/mol. The number of ether oxygens (including phenoxy) is 1. The Kier molecular flexibility index (Phi) is 10.5. The molecule has 2 aliphatic rings. The van der Waals surface area contributed by atoms with Crippen LogP contribution in [0.2, 0.25) is 0 Å². The van der Waals surface area contributed by atoms with Crippen LogP contribution in [0.3, 0.4) is 0 Å². The van der Waals surface area contributed by atoms with Crippen LogP contribution in [0.5, 0.6) is 0 Å². The Labute approximate surface area is 222 Å². The predicted molar refractivity (Wildman–Crippen MR) is 145 cm³/mol. The molecule has 2 saturated carbocycles. The van der Waals surface area contributed by atoms with Crippen molar-refractivity contribution < 1.29 is 19.4 Å². The molecule has 0 saturated heterocycles. The molecule has 2 fully saturated rings. The van der Waals surface area contributed by atoms with Gasteiger partial charge in [0, 0.05) is 17.8 Å². The minimum atomic E-state index is -0.806. The number of carboxylic acid groups (broad SMARTS) is 1. The second-order valence-corrected chi connectivity index (χ2v) is 12.1. The van der Waals surface area contributed by atoms with Crippen molar-refractivity contribution in [3.63, 3.8) is 0 Å². The van der Waals surface area contributed by atoms with Crippen LogP contribution in [0, 0.1) is 0 Å². The average Bonchev–Trinajstić information content (AvgIpc) is 3.15. The lowest BCUT2D eigenvalue weighted by Crippen LogP contribution is -2.50. The first-order valence-electron chi connectivity index (χ1n) is 13.1. The normalized spacial score (nSPS) is 21.0. The molecule has 1 heterocycles. The summed E-state index contributed by atoms with van der Waals surface area (Å²) in [6, 6.07) is 10.7. The van der Waals surface area contributed by atoms with E-state index in [2.05, 4.69) is 27.3 Å². The van der Waals surface area contributed by atoms with E-state index in [9.17, 15) is 9.59 Å². The second-order valence-electron chi connectivity index (χ2n) is 9.69. The highest BCUT2D eigenvalue weighted by Crippen LogP contribution is 2.33. The lowest BCUT2D eigenvalue weighted by molar-refractivity contribution is -0.136. The van der Waals surface area contributed by atoms with E-state index >= 15 is 0 Å². The fourth-order valence-corrected chi connectivity index (χ4v) is 7.09. The molecule has 9 heteroatoms. The Morgan fingerprint density at radius 2 is 1.72 bits per heavy atom. The van der Waals surface area contributed by atoms with Crippen LogP contribution in [0.15, 0.2) is 40.7 Å². The number of rotatable bonds is 10. The molecule has 2 aliphatic carbocycles. The highest BCUT2D eigenvalue weighted by molar-refractivity contribution is 8.01. The smallest absolute Gasteiger partial charge is 0.324 e. The predicted octanol–water partition coefficient (Wildman–Crippen LogP) is 6.79. The minimum Gasteiger partial charge on any atom is -0.481 e. The summed E-state index contributed by atoms with van der Waals surface area (Å²) in [7, 11) is 0. The fraction of sp³-hybridized carbons (Fsp3) is 0.593. The van der Waals surface area contributed by atoms with Crippen LogP contribution in [-0.4, -0.2) is 50.9 Å². The van der Waals surface area contributed by atoms with Crippen molar-refractivity contribution >= 4 is 40.2 Å². The van der Waals surface area contributed by atoms with Gasteiger partial charge in [0.25, 0.3) is 0 Å². The number of carbonyl (C=O) groups excluding carboxylic acids is 1. The van der Waals surface area contributed by atoms with E-state index in [0.717, 1.165) is 42.7 Å². The summed E-state index contributed by atoms with van der Waals surface area (Å²) in [4.78, 5) is 30.9. The largest absolute Gasteiger partial charge is 0.481 e. The number of amides is 2. The summed E-state index contributed by atoms with van der Waals surface area (Å²) < 4.78 is 7.12. The topological polar surface area (TPSA) is 91.8 Å². The van der Waals surface area contributed by atoms with Gasteiger partial charge in [0.1, 0.15) is 0 Å². The molecule has 0 radical (unpaired) electrons. The molecule has 196 valence electrons. The molecule has 4 rings (SSSR count). The van der Waals surface area contributed by atoms with E-state index in [1.165, 1.54) is 54.3 Å². The van der Waals surface area contributed by atoms with Crippen molar-refractivity contribution in [2.75, 3.05) is 11.1 Å². The summed E-state index contributed by atoms with van der Waals surface area (Å²) in [5.74, 6) is -0.311. The summed E-state index contributed by atoms with van der Waals surface area (Å²) in [5, 5.41) is 12.5. The van der Waals surface area contributed by atoms with Gasteiger partial charge in [-0.25, -0.2) is 9.78 Å². The number of nitrogens with one attached hydrogen (secondary N) is 1. The second kappa shape index (κ2) is 14.0. The number of carboxylic acids is 1. The zero-order valence-electron chi connectivity index (χ0n) is 20.8. The number of anilines is 1. The van der Waals surface area contributed by atoms with Gasteiger partial charge in [0.05, 0.1) is 29.5 Å². The zero-order valence-corrected chi connectivity index (χ0v) is 22.4. The van der Waals surface area contributed by atoms with E-state index < -0.39 is 5.97 Å². The quantitative estimate of drug-likeness (QED) is 0.259. The molecule has 0 atom stereocenters. The standard InChI is InChI=1S/C27H37N3O4S2/c31-24(32)16-17-35-25-18-28-26(36-25)29-27(33)30(21-10-6-1-2-7-11-21)22-12-14-23(15-13-22)34-19-20-8-4-3-5-9-20/h3-5,8-9,18,21-23H,1-2,6-7,10-17,19H2,(H,31,32)(H,28,29,33). The van der Waals surface area contributed by atoms with Gasteiger partial charge in [-0.15, -0.1) is 11.8 Å². The Morgan fingerprint density at radius 3 is 2.42 bits per heavy atom. The number of hydrogen-bond acceptors (Lipinski definition) is 6. The van der Waals surface area contributed by atoms with Gasteiger partial charge in [0.15, 0.2) is 5.13 Å². The first-order valence-corrected chi connectivity index (χ1v) is 14.9. The highest BCUT2D eigenvalue weighted by atomic mass is 32.2. The molecule has 7 nitrogen and oxygen atoms in total. The van der Waals surface area contributed by atoms with E-state index in [1.54, 1.807) is 6.20 Å². The number of benzene rings is 1. The van der Waals surface area contributed by atoms with Crippen LogP contribution in [0.25, 0.3) is 0 Å². The third-order valence-electron chi connectivity index (χ3n) is 7.08. The molecule has 0 bridgehead atoms. The lowest BCUT2D eigenvalue weighted by atomic mass is 9.90. The van der Waals surface area contributed by atoms with Crippen molar-refractivity contribution in [1.82, 2.24) is 9.88 Å². The molecule has 0 aliphatic heterocycles. The molecule has 0 spiro atoms. The van der Waals surface area contributed by atoms with Crippen molar-refractivity contribution in [1.29, 1.82) is 0 Å². The van der Waals surface area contributed by atoms with E-state index in [4.69, 9.17) is 9.84 Å². The Morgan fingerprint density at radius 1 is 1.03 bits per heavy atom. The molecule has 36 heavy (non-hydrogen) atoms. The van der Waals surface area contributed by atoms with Gasteiger partial charge in [-0.3, -0.25) is 10.1 Å². The number of carbonyl (C=O) groups is 2. The van der Waals surface area contributed by atoms with Crippen LogP contribution in [0.4, 0.5) is 9.93 Å². The maximum absolute atomic E-state index is 13.6. The lowest BCUT2D eigenvalue weighted by Gasteiger charge is -2.41. The summed E-state index contributed by atoms with van der Waals surface area (Å²) in [6.07, 6.45) is 12.9. The number of nitrogens with zero attached hydrogens (tertiary/aromatic N) is 2. The van der Waals surface area contributed by atoms with Crippen LogP contribution >= 0.6 is 23.1 Å². The summed E-state index contributed by atoms with van der Waals surface area (Å²) >= 11 is 2.88. The van der Waals surface area contributed by atoms with Crippen molar-refractivity contribution in [3.8, 4) is 0 Å². The molecular formula is C27H37N3O4S2. The van der Waals surface area contributed by atoms with Crippen molar-refractivity contribution in [2.45, 2.75) is 99.6 Å². The highest BCUT2D eigenvalue weighted by Gasteiger charge is 2.34. The number of thiazole rings is 1. The first-order chi connectivity index (χ1) is 17.6. The van der Waals surface area contributed by atoms with E-state index in [-0.39, 0.29) is 30.6 Å². The monoisotopic (exact) mass is 531 g/mol. The Balaban J connectivity index is 1.35. The van der Waals surface area contributed by atoms with E-state index in [1.807, 2.05) is 18.2 Å². The van der Waals surface area contributed by atoms with Crippen LogP contribution < -0.4 is 5.32 Å². The maximum atomic E-state index is 13.6. The molecule has 1 aromatic carbocycles. The summed E-state index contributed by atoms with van der Waals surface area (Å²) in [5.41, 5.74) is 1.20. The van der Waals surface area contributed by atoms with Gasteiger partial charge in [-0.1, -0.05) is 67.4 Å². The van der Waals surface area contributed by atoms with Crippen LogP contribution in [-0.2, 0) is 16.1 Å². The third kappa shape index (κ3) is 8.21. The molecular weight excluding hydrogens is 494 g/mol. The maximum Gasteiger partial charge on any atom is 0.324 e. The third-order valence-corrected chi connectivity index (χ3v) is 9.19. The Bertz CT molecular complexity index is 955. The zero-order chi connectivity index (χ0) is 25.2. The SMILES string of the molecule is O=C(O)CCSc1cnc(NC(=O)N(C2CCCCCC2)C2CCC(OCc3ccccc3)CC2)s1. The molecule has 0 unspecified atom stereocenters. The van der Waals surface area contributed by atoms with Crippen LogP contribution in [0.1, 0.15) is 76.2 Å². The van der Waals surface area contributed by atoms with Gasteiger partial charge in [0.2, 0.25) is 0 Å². The van der Waals surface area contributed by atoms with E-state index in [0.29, 0.717) is 17.5 Å².